The minimum Gasteiger partial charge on any atom is -0.497 e. The lowest BCUT2D eigenvalue weighted by atomic mass is 10.2. The van der Waals surface area contributed by atoms with E-state index in [0.29, 0.717) is 18.6 Å². The molecule has 2 aromatic rings. The molecule has 28 heavy (non-hydrogen) atoms. The maximum Gasteiger partial charge on any atom is 0.218 e. The second-order valence-corrected chi connectivity index (χ2v) is 11.3. The number of sulfonamides is 1. The molecular weight excluding hydrogens is 398 g/mol. The van der Waals surface area contributed by atoms with Crippen LogP contribution in [0.4, 0.5) is 0 Å². The molecule has 0 radical (unpaired) electrons. The Labute approximate surface area is 167 Å². The molecule has 152 valence electrons. The fourth-order valence-electron chi connectivity index (χ4n) is 3.48. The fraction of sp³-hybridized carbons (Fsp3) is 0.400. The number of rotatable bonds is 6. The minimum atomic E-state index is -3.50. The van der Waals surface area contributed by atoms with Gasteiger partial charge in [0.25, 0.3) is 0 Å². The van der Waals surface area contributed by atoms with Gasteiger partial charge in [-0.1, -0.05) is 29.8 Å². The van der Waals surface area contributed by atoms with Gasteiger partial charge in [0, 0.05) is 13.1 Å². The quantitative estimate of drug-likeness (QED) is 0.714. The van der Waals surface area contributed by atoms with Gasteiger partial charge in [-0.15, -0.1) is 0 Å². The predicted octanol–water partition coefficient (Wildman–Crippen LogP) is 2.77. The molecule has 1 fully saturated rings. The Balaban J connectivity index is 1.67. The lowest BCUT2D eigenvalue weighted by molar-refractivity contribution is 0.345. The van der Waals surface area contributed by atoms with Crippen molar-refractivity contribution >= 4 is 19.9 Å². The van der Waals surface area contributed by atoms with Crippen molar-refractivity contribution in [2.75, 3.05) is 20.2 Å². The van der Waals surface area contributed by atoms with Crippen LogP contribution in [-0.4, -0.2) is 46.6 Å². The van der Waals surface area contributed by atoms with E-state index in [1.54, 1.807) is 18.2 Å². The van der Waals surface area contributed by atoms with E-state index in [2.05, 4.69) is 0 Å². The zero-order chi connectivity index (χ0) is 20.4. The smallest absolute Gasteiger partial charge is 0.218 e. The topological polar surface area (TPSA) is 80.8 Å². The van der Waals surface area contributed by atoms with Gasteiger partial charge >= 0.3 is 0 Å². The van der Waals surface area contributed by atoms with Gasteiger partial charge in [-0.25, -0.2) is 21.1 Å². The Kier molecular flexibility index (Phi) is 6.12. The normalized spacial score (nSPS) is 16.8. The highest BCUT2D eigenvalue weighted by Crippen LogP contribution is 2.27. The number of benzene rings is 2. The number of methoxy groups -OCH3 is 1. The van der Waals surface area contributed by atoms with Crippen LogP contribution in [0.1, 0.15) is 24.0 Å². The summed E-state index contributed by atoms with van der Waals surface area (Å²) in [5, 5.41) is -0.577. The molecular formula is C20H25NO5S2. The highest BCUT2D eigenvalue weighted by Gasteiger charge is 2.35. The lowest BCUT2D eigenvalue weighted by Gasteiger charge is -2.31. The maximum absolute atomic E-state index is 12.9. The maximum atomic E-state index is 12.9. The summed E-state index contributed by atoms with van der Waals surface area (Å²) < 4.78 is 57.7. The van der Waals surface area contributed by atoms with Gasteiger partial charge in [-0.05, 0) is 49.6 Å². The molecule has 0 amide bonds. The summed E-state index contributed by atoms with van der Waals surface area (Å²) >= 11 is 0. The Bertz CT molecular complexity index is 1020. The predicted molar refractivity (Wildman–Crippen MR) is 109 cm³/mol. The molecule has 0 aromatic heterocycles. The van der Waals surface area contributed by atoms with Crippen LogP contribution in [0.3, 0.4) is 0 Å². The van der Waals surface area contributed by atoms with Crippen LogP contribution in [0.15, 0.2) is 53.4 Å². The first-order valence-corrected chi connectivity index (χ1v) is 12.3. The molecule has 1 heterocycles. The van der Waals surface area contributed by atoms with E-state index >= 15 is 0 Å². The van der Waals surface area contributed by atoms with E-state index in [0.717, 1.165) is 11.1 Å². The lowest BCUT2D eigenvalue weighted by Crippen LogP contribution is -2.42. The molecule has 1 aliphatic heterocycles. The number of sulfone groups is 1. The Morgan fingerprint density at radius 1 is 1.00 bits per heavy atom. The molecule has 0 spiro atoms. The Morgan fingerprint density at radius 2 is 1.64 bits per heavy atom. The van der Waals surface area contributed by atoms with E-state index in [-0.39, 0.29) is 23.7 Å². The molecule has 1 saturated heterocycles. The standard InChI is InChI=1S/C20H25NO5S2/c1-16-4-3-5-17(14-16)15-27(22,23)21-12-10-20(11-13-21)28(24,25)19-8-6-18(26-2)7-9-19/h3-9,14,20H,10-13,15H2,1-2H3. The van der Waals surface area contributed by atoms with Crippen LogP contribution >= 0.6 is 0 Å². The Morgan fingerprint density at radius 3 is 2.21 bits per heavy atom. The largest absolute Gasteiger partial charge is 0.497 e. The van der Waals surface area contributed by atoms with Crippen molar-refractivity contribution in [1.82, 2.24) is 4.31 Å². The molecule has 2 aromatic carbocycles. The molecule has 0 saturated carbocycles. The summed E-state index contributed by atoms with van der Waals surface area (Å²) in [6.45, 7) is 2.36. The fourth-order valence-corrected chi connectivity index (χ4v) is 6.76. The van der Waals surface area contributed by atoms with Gasteiger partial charge in [0.1, 0.15) is 5.75 Å². The van der Waals surface area contributed by atoms with Crippen molar-refractivity contribution in [2.45, 2.75) is 35.7 Å². The zero-order valence-electron chi connectivity index (χ0n) is 16.0. The van der Waals surface area contributed by atoms with Gasteiger partial charge in [0.15, 0.2) is 9.84 Å². The van der Waals surface area contributed by atoms with Crippen LogP contribution in [0.5, 0.6) is 5.75 Å². The molecule has 0 aliphatic carbocycles. The van der Waals surface area contributed by atoms with E-state index in [1.807, 2.05) is 25.1 Å². The number of piperidine rings is 1. The van der Waals surface area contributed by atoms with Crippen molar-refractivity contribution in [3.05, 3.63) is 59.7 Å². The van der Waals surface area contributed by atoms with Crippen molar-refractivity contribution < 1.29 is 21.6 Å². The van der Waals surface area contributed by atoms with Crippen LogP contribution < -0.4 is 4.74 Å². The molecule has 0 unspecified atom stereocenters. The molecule has 1 aliphatic rings. The molecule has 0 N–H and O–H groups in total. The van der Waals surface area contributed by atoms with Crippen molar-refractivity contribution in [1.29, 1.82) is 0 Å². The van der Waals surface area contributed by atoms with Gasteiger partial charge in [0.05, 0.1) is 23.0 Å². The third-order valence-electron chi connectivity index (χ3n) is 5.05. The summed E-state index contributed by atoms with van der Waals surface area (Å²) in [6.07, 6.45) is 0.586. The van der Waals surface area contributed by atoms with E-state index < -0.39 is 25.1 Å². The highest BCUT2D eigenvalue weighted by molar-refractivity contribution is 7.92. The van der Waals surface area contributed by atoms with Crippen LogP contribution in [0.25, 0.3) is 0 Å². The van der Waals surface area contributed by atoms with E-state index in [1.165, 1.54) is 23.5 Å². The third kappa shape index (κ3) is 4.56. The first-order valence-electron chi connectivity index (χ1n) is 9.14. The average Bonchev–Trinajstić information content (AvgIpc) is 2.68. The summed E-state index contributed by atoms with van der Waals surface area (Å²) in [5.41, 5.74) is 1.75. The number of hydrogen-bond acceptors (Lipinski definition) is 5. The molecule has 0 atom stereocenters. The zero-order valence-corrected chi connectivity index (χ0v) is 17.7. The molecule has 6 nitrogen and oxygen atoms in total. The van der Waals surface area contributed by atoms with Gasteiger partial charge < -0.3 is 4.74 Å². The van der Waals surface area contributed by atoms with Crippen LogP contribution in [-0.2, 0) is 25.6 Å². The number of aryl methyl sites for hydroxylation is 1. The summed E-state index contributed by atoms with van der Waals surface area (Å²) in [4.78, 5) is 0.245. The Hall–Kier alpha value is -1.90. The van der Waals surface area contributed by atoms with Gasteiger partial charge in [-0.3, -0.25) is 0 Å². The van der Waals surface area contributed by atoms with Gasteiger partial charge in [0.2, 0.25) is 10.0 Å². The van der Waals surface area contributed by atoms with E-state index in [4.69, 9.17) is 4.74 Å². The van der Waals surface area contributed by atoms with E-state index in [9.17, 15) is 16.8 Å². The second kappa shape index (κ2) is 8.23. The van der Waals surface area contributed by atoms with Crippen LogP contribution in [0, 0.1) is 6.92 Å². The summed E-state index contributed by atoms with van der Waals surface area (Å²) in [5.74, 6) is 0.529. The number of ether oxygens (including phenoxy) is 1. The summed E-state index contributed by atoms with van der Waals surface area (Å²) in [6, 6.07) is 13.7. The molecule has 8 heteroatoms. The summed E-state index contributed by atoms with van der Waals surface area (Å²) in [7, 11) is -5.45. The number of hydrogen-bond donors (Lipinski definition) is 0. The SMILES string of the molecule is COc1ccc(S(=O)(=O)C2CCN(S(=O)(=O)Cc3cccc(C)c3)CC2)cc1. The first-order chi connectivity index (χ1) is 13.2. The monoisotopic (exact) mass is 423 g/mol. The first kappa shape index (κ1) is 20.8. The average molecular weight is 424 g/mol. The third-order valence-corrected chi connectivity index (χ3v) is 9.18. The highest BCUT2D eigenvalue weighted by atomic mass is 32.2. The van der Waals surface area contributed by atoms with Crippen molar-refractivity contribution in [3.63, 3.8) is 0 Å². The number of nitrogens with zero attached hydrogens (tertiary/aromatic N) is 1. The van der Waals surface area contributed by atoms with Crippen molar-refractivity contribution in [3.8, 4) is 5.75 Å². The van der Waals surface area contributed by atoms with Crippen LogP contribution in [0.2, 0.25) is 0 Å². The van der Waals surface area contributed by atoms with Crippen molar-refractivity contribution in [2.24, 2.45) is 0 Å². The van der Waals surface area contributed by atoms with Gasteiger partial charge in [-0.2, -0.15) is 0 Å². The second-order valence-electron chi connectivity index (χ2n) is 7.06. The molecule has 0 bridgehead atoms. The minimum absolute atomic E-state index is 0.0649. The molecule has 3 rings (SSSR count).